The van der Waals surface area contributed by atoms with E-state index >= 15 is 0 Å². The highest BCUT2D eigenvalue weighted by Gasteiger charge is 2.14. The van der Waals surface area contributed by atoms with Crippen molar-refractivity contribution in [3.05, 3.63) is 34.9 Å². The Labute approximate surface area is 145 Å². The molecule has 1 saturated heterocycles. The molecule has 1 aromatic carbocycles. The van der Waals surface area contributed by atoms with Gasteiger partial charge in [0.2, 0.25) is 0 Å². The van der Waals surface area contributed by atoms with Crippen molar-refractivity contribution >= 4 is 17.6 Å². The van der Waals surface area contributed by atoms with Crippen molar-refractivity contribution in [3.8, 4) is 0 Å². The normalized spacial score (nSPS) is 17.3. The van der Waals surface area contributed by atoms with Crippen molar-refractivity contribution < 1.29 is 0 Å². The van der Waals surface area contributed by atoms with Crippen LogP contribution in [0, 0.1) is 5.92 Å². The first-order chi connectivity index (χ1) is 11.2. The van der Waals surface area contributed by atoms with Crippen LogP contribution in [-0.2, 0) is 6.42 Å². The van der Waals surface area contributed by atoms with Crippen LogP contribution in [0.4, 0.5) is 0 Å². The van der Waals surface area contributed by atoms with E-state index in [1.807, 2.05) is 19.2 Å². The Hall–Kier alpha value is -1.26. The molecule has 1 atom stereocenters. The SMILES string of the molecule is CN=C(NCCc1ccc(Cl)cc1)NCC(C)CN1CCCC1. The summed E-state index contributed by atoms with van der Waals surface area (Å²) in [6.07, 6.45) is 3.67. The van der Waals surface area contributed by atoms with Crippen LogP contribution < -0.4 is 10.6 Å². The Kier molecular flexibility index (Phi) is 7.69. The standard InChI is InChI=1S/C18H29ClN4/c1-15(14-23-11-3-4-12-23)13-22-18(20-2)21-10-9-16-5-7-17(19)8-6-16/h5-8,15H,3-4,9-14H2,1-2H3,(H2,20,21,22). The maximum atomic E-state index is 5.90. The van der Waals surface area contributed by atoms with Crippen molar-refractivity contribution in [3.63, 3.8) is 0 Å². The molecule has 0 spiro atoms. The highest BCUT2D eigenvalue weighted by Crippen LogP contribution is 2.10. The first kappa shape index (κ1) is 18.1. The van der Waals surface area contributed by atoms with Gasteiger partial charge in [0.15, 0.2) is 5.96 Å². The molecule has 1 fully saturated rings. The van der Waals surface area contributed by atoms with Crippen LogP contribution in [-0.4, -0.2) is 50.6 Å². The van der Waals surface area contributed by atoms with Gasteiger partial charge in [0.25, 0.3) is 0 Å². The number of likely N-dealkylation sites (tertiary alicyclic amines) is 1. The average Bonchev–Trinajstić information content (AvgIpc) is 3.05. The molecule has 4 nitrogen and oxygen atoms in total. The third-order valence-corrected chi connectivity index (χ3v) is 4.48. The van der Waals surface area contributed by atoms with Crippen LogP contribution in [0.2, 0.25) is 5.02 Å². The van der Waals surface area contributed by atoms with Crippen LogP contribution in [0.25, 0.3) is 0 Å². The monoisotopic (exact) mass is 336 g/mol. The van der Waals surface area contributed by atoms with Crippen molar-refractivity contribution in [1.29, 1.82) is 0 Å². The van der Waals surface area contributed by atoms with Crippen LogP contribution in [0.3, 0.4) is 0 Å². The molecule has 5 heteroatoms. The molecule has 1 heterocycles. The number of hydrogen-bond donors (Lipinski definition) is 2. The first-order valence-electron chi connectivity index (χ1n) is 8.58. The van der Waals surface area contributed by atoms with Gasteiger partial charge in [0.1, 0.15) is 0 Å². The van der Waals surface area contributed by atoms with Gasteiger partial charge >= 0.3 is 0 Å². The van der Waals surface area contributed by atoms with E-state index in [0.717, 1.165) is 30.5 Å². The molecule has 0 saturated carbocycles. The van der Waals surface area contributed by atoms with E-state index in [0.29, 0.717) is 5.92 Å². The van der Waals surface area contributed by atoms with Gasteiger partial charge in [-0.15, -0.1) is 0 Å². The largest absolute Gasteiger partial charge is 0.356 e. The number of aliphatic imine (C=N–C) groups is 1. The number of nitrogens with zero attached hydrogens (tertiary/aromatic N) is 2. The minimum atomic E-state index is 0.628. The lowest BCUT2D eigenvalue weighted by molar-refractivity contribution is 0.287. The molecule has 1 aliphatic rings. The minimum Gasteiger partial charge on any atom is -0.356 e. The number of hydrogen-bond acceptors (Lipinski definition) is 2. The number of rotatable bonds is 7. The summed E-state index contributed by atoms with van der Waals surface area (Å²) in [5, 5.41) is 7.59. The van der Waals surface area contributed by atoms with Gasteiger partial charge in [-0.2, -0.15) is 0 Å². The molecule has 0 amide bonds. The summed E-state index contributed by atoms with van der Waals surface area (Å²) >= 11 is 5.90. The summed E-state index contributed by atoms with van der Waals surface area (Å²) in [6, 6.07) is 8.00. The third kappa shape index (κ3) is 6.80. The predicted molar refractivity (Wildman–Crippen MR) is 99.4 cm³/mol. The third-order valence-electron chi connectivity index (χ3n) is 4.23. The second-order valence-corrected chi connectivity index (χ2v) is 6.81. The van der Waals surface area contributed by atoms with E-state index in [1.165, 1.54) is 38.0 Å². The lowest BCUT2D eigenvalue weighted by Crippen LogP contribution is -2.42. The Morgan fingerprint density at radius 1 is 1.22 bits per heavy atom. The van der Waals surface area contributed by atoms with Crippen LogP contribution in [0.5, 0.6) is 0 Å². The molecule has 128 valence electrons. The summed E-state index contributed by atoms with van der Waals surface area (Å²) in [5.41, 5.74) is 1.28. The Bertz CT molecular complexity index is 480. The maximum absolute atomic E-state index is 5.90. The fourth-order valence-electron chi connectivity index (χ4n) is 2.94. The first-order valence-corrected chi connectivity index (χ1v) is 8.96. The maximum Gasteiger partial charge on any atom is 0.190 e. The van der Waals surface area contributed by atoms with E-state index in [9.17, 15) is 0 Å². The highest BCUT2D eigenvalue weighted by molar-refractivity contribution is 6.30. The van der Waals surface area contributed by atoms with E-state index in [4.69, 9.17) is 11.6 Å². The summed E-state index contributed by atoms with van der Waals surface area (Å²) in [7, 11) is 1.82. The zero-order valence-corrected chi connectivity index (χ0v) is 15.1. The van der Waals surface area contributed by atoms with Gasteiger partial charge in [-0.05, 0) is 56.0 Å². The smallest absolute Gasteiger partial charge is 0.190 e. The molecular formula is C18H29ClN4. The fraction of sp³-hybridized carbons (Fsp3) is 0.611. The molecule has 2 N–H and O–H groups in total. The number of halogens is 1. The molecule has 1 aliphatic heterocycles. The van der Waals surface area contributed by atoms with Gasteiger partial charge in [-0.25, -0.2) is 0 Å². The second-order valence-electron chi connectivity index (χ2n) is 6.37. The van der Waals surface area contributed by atoms with Gasteiger partial charge in [-0.3, -0.25) is 4.99 Å². The Morgan fingerprint density at radius 3 is 2.57 bits per heavy atom. The van der Waals surface area contributed by atoms with Crippen LogP contribution >= 0.6 is 11.6 Å². The second kappa shape index (κ2) is 9.78. The molecule has 1 aromatic rings. The fourth-order valence-corrected chi connectivity index (χ4v) is 3.06. The highest BCUT2D eigenvalue weighted by atomic mass is 35.5. The lowest BCUT2D eigenvalue weighted by Gasteiger charge is -2.21. The molecular weight excluding hydrogens is 308 g/mol. The van der Waals surface area contributed by atoms with Crippen molar-refractivity contribution in [2.45, 2.75) is 26.2 Å². The zero-order chi connectivity index (χ0) is 16.5. The molecule has 0 aromatic heterocycles. The zero-order valence-electron chi connectivity index (χ0n) is 14.3. The van der Waals surface area contributed by atoms with Gasteiger partial charge in [0.05, 0.1) is 0 Å². The summed E-state index contributed by atoms with van der Waals surface area (Å²) in [5.74, 6) is 1.51. The predicted octanol–water partition coefficient (Wildman–Crippen LogP) is 2.78. The number of nitrogens with one attached hydrogen (secondary N) is 2. The van der Waals surface area contributed by atoms with Crippen molar-refractivity contribution in [2.75, 3.05) is 39.8 Å². The van der Waals surface area contributed by atoms with Crippen molar-refractivity contribution in [2.24, 2.45) is 10.9 Å². The summed E-state index contributed by atoms with van der Waals surface area (Å²) in [4.78, 5) is 6.86. The molecule has 0 radical (unpaired) electrons. The topological polar surface area (TPSA) is 39.7 Å². The summed E-state index contributed by atoms with van der Waals surface area (Å²) < 4.78 is 0. The van der Waals surface area contributed by atoms with Gasteiger partial charge < -0.3 is 15.5 Å². The molecule has 0 bridgehead atoms. The molecule has 23 heavy (non-hydrogen) atoms. The van der Waals surface area contributed by atoms with E-state index in [2.05, 4.69) is 39.6 Å². The van der Waals surface area contributed by atoms with E-state index in [-0.39, 0.29) is 0 Å². The average molecular weight is 337 g/mol. The lowest BCUT2D eigenvalue weighted by atomic mass is 10.1. The summed E-state index contributed by atoms with van der Waals surface area (Å²) in [6.45, 7) is 7.82. The van der Waals surface area contributed by atoms with Gasteiger partial charge in [0, 0.05) is 31.7 Å². The molecule has 0 aliphatic carbocycles. The number of benzene rings is 1. The minimum absolute atomic E-state index is 0.628. The molecule has 1 unspecified atom stereocenters. The van der Waals surface area contributed by atoms with Gasteiger partial charge in [-0.1, -0.05) is 30.7 Å². The van der Waals surface area contributed by atoms with Crippen molar-refractivity contribution in [1.82, 2.24) is 15.5 Å². The Morgan fingerprint density at radius 2 is 1.91 bits per heavy atom. The number of guanidine groups is 1. The van der Waals surface area contributed by atoms with E-state index in [1.54, 1.807) is 0 Å². The van der Waals surface area contributed by atoms with Crippen LogP contribution in [0.15, 0.2) is 29.3 Å². The Balaban J connectivity index is 1.63. The van der Waals surface area contributed by atoms with E-state index < -0.39 is 0 Å². The van der Waals surface area contributed by atoms with Crippen LogP contribution in [0.1, 0.15) is 25.3 Å². The molecule has 2 rings (SSSR count). The quantitative estimate of drug-likeness (QED) is 0.594.